The van der Waals surface area contributed by atoms with E-state index >= 15 is 0 Å². The zero-order chi connectivity index (χ0) is 32.8. The fourth-order valence-electron chi connectivity index (χ4n) is 4.39. The van der Waals surface area contributed by atoms with Crippen molar-refractivity contribution in [1.82, 2.24) is 25.5 Å². The molecule has 45 heavy (non-hydrogen) atoms. The van der Waals surface area contributed by atoms with Gasteiger partial charge >= 0.3 is 0 Å². The lowest BCUT2D eigenvalue weighted by atomic mass is 10.0. The molecule has 0 radical (unpaired) electrons. The van der Waals surface area contributed by atoms with E-state index in [1.54, 1.807) is 36.7 Å². The summed E-state index contributed by atoms with van der Waals surface area (Å²) in [5, 5.41) is 19.4. The monoisotopic (exact) mass is 609 g/mol. The molecule has 0 aliphatic rings. The molecule has 1 unspecified atom stereocenters. The van der Waals surface area contributed by atoms with Crippen molar-refractivity contribution in [2.75, 3.05) is 32.5 Å². The predicted molar refractivity (Wildman–Crippen MR) is 179 cm³/mol. The van der Waals surface area contributed by atoms with Crippen LogP contribution in [0.1, 0.15) is 57.7 Å². The first-order valence-electron chi connectivity index (χ1n) is 15.2. The topological polar surface area (TPSA) is 106 Å². The average Bonchev–Trinajstić information content (AvgIpc) is 3.04. The minimum absolute atomic E-state index is 0.336. The number of halogens is 1. The van der Waals surface area contributed by atoms with E-state index in [2.05, 4.69) is 51.0 Å². The summed E-state index contributed by atoms with van der Waals surface area (Å²) in [6.45, 7) is 9.93. The van der Waals surface area contributed by atoms with E-state index in [1.807, 2.05) is 52.0 Å². The number of carbonyl (C=O) groups excluding carboxylic acids is 1. The second-order valence-electron chi connectivity index (χ2n) is 11.3. The van der Waals surface area contributed by atoms with E-state index in [0.717, 1.165) is 59.7 Å². The first kappa shape index (κ1) is 34.7. The van der Waals surface area contributed by atoms with Crippen molar-refractivity contribution in [3.8, 4) is 17.3 Å². The summed E-state index contributed by atoms with van der Waals surface area (Å²) in [6.07, 6.45) is 8.73. The van der Waals surface area contributed by atoms with Gasteiger partial charge in [-0.1, -0.05) is 48.9 Å². The summed E-state index contributed by atoms with van der Waals surface area (Å²) in [5.41, 5.74) is 5.91. The summed E-state index contributed by atoms with van der Waals surface area (Å²) in [4.78, 5) is 24.7. The summed E-state index contributed by atoms with van der Waals surface area (Å²) in [6, 6.07) is 15.9. The van der Waals surface area contributed by atoms with Gasteiger partial charge in [0.1, 0.15) is 11.6 Å². The van der Waals surface area contributed by atoms with Gasteiger partial charge in [-0.15, -0.1) is 0 Å². The summed E-state index contributed by atoms with van der Waals surface area (Å²) < 4.78 is 13.4. The number of hydrogen-bond acceptors (Lipinski definition) is 7. The van der Waals surface area contributed by atoms with Gasteiger partial charge in [0.15, 0.2) is 0 Å². The number of aromatic nitrogens is 2. The van der Waals surface area contributed by atoms with Crippen LogP contribution in [0.5, 0.6) is 0 Å². The molecule has 0 spiro atoms. The van der Waals surface area contributed by atoms with Gasteiger partial charge in [0.25, 0.3) is 5.91 Å². The van der Waals surface area contributed by atoms with Crippen LogP contribution < -0.4 is 16.0 Å². The van der Waals surface area contributed by atoms with Gasteiger partial charge in [-0.2, -0.15) is 5.26 Å². The van der Waals surface area contributed by atoms with E-state index in [1.165, 1.54) is 12.1 Å². The number of nitrogens with zero attached hydrogens (tertiary/aromatic N) is 4. The molecule has 1 heterocycles. The second kappa shape index (κ2) is 17.5. The molecular weight excluding hydrogens is 565 g/mol. The zero-order valence-electron chi connectivity index (χ0n) is 27.1. The van der Waals surface area contributed by atoms with Crippen molar-refractivity contribution in [3.63, 3.8) is 0 Å². The van der Waals surface area contributed by atoms with Crippen molar-refractivity contribution in [3.05, 3.63) is 112 Å². The molecule has 1 aromatic heterocycles. The molecule has 0 bridgehead atoms. The molecule has 0 saturated carbocycles. The Morgan fingerprint density at radius 1 is 1.04 bits per heavy atom. The highest BCUT2D eigenvalue weighted by molar-refractivity contribution is 5.97. The molecule has 9 heteroatoms. The third-order valence-corrected chi connectivity index (χ3v) is 7.30. The number of nitrogens with one attached hydrogen (secondary N) is 3. The number of rotatable bonds is 15. The largest absolute Gasteiger partial charge is 0.384 e. The normalized spacial score (nSPS) is 13.1. The van der Waals surface area contributed by atoms with Crippen molar-refractivity contribution >= 4 is 11.7 Å². The van der Waals surface area contributed by atoms with Crippen LogP contribution in [0.3, 0.4) is 0 Å². The van der Waals surface area contributed by atoms with Crippen LogP contribution in [0, 0.1) is 17.1 Å². The Hall–Kier alpha value is -4.81. The highest BCUT2D eigenvalue weighted by Crippen LogP contribution is 2.19. The molecule has 0 aliphatic carbocycles. The Morgan fingerprint density at radius 3 is 2.36 bits per heavy atom. The van der Waals surface area contributed by atoms with E-state index in [0.29, 0.717) is 23.4 Å². The van der Waals surface area contributed by atoms with Crippen LogP contribution in [0.25, 0.3) is 11.3 Å². The number of amides is 1. The van der Waals surface area contributed by atoms with Crippen LogP contribution in [-0.4, -0.2) is 48.0 Å². The van der Waals surface area contributed by atoms with E-state index < -0.39 is 0 Å². The lowest BCUT2D eigenvalue weighted by Gasteiger charge is -2.17. The number of nitriles is 1. The minimum atomic E-state index is -0.365. The van der Waals surface area contributed by atoms with Gasteiger partial charge in [0, 0.05) is 24.4 Å². The third-order valence-electron chi connectivity index (χ3n) is 7.30. The first-order valence-corrected chi connectivity index (χ1v) is 15.2. The van der Waals surface area contributed by atoms with Crippen LogP contribution in [0.15, 0.2) is 95.5 Å². The third kappa shape index (κ3) is 11.3. The van der Waals surface area contributed by atoms with Crippen LogP contribution in [0.2, 0.25) is 0 Å². The van der Waals surface area contributed by atoms with Crippen molar-refractivity contribution < 1.29 is 9.18 Å². The summed E-state index contributed by atoms with van der Waals surface area (Å²) in [5.74, 6) is 0.0773. The van der Waals surface area contributed by atoms with Crippen molar-refractivity contribution in [2.45, 2.75) is 53.1 Å². The quantitative estimate of drug-likeness (QED) is 0.0763. The molecular formula is C36H44FN7O. The lowest BCUT2D eigenvalue weighted by Crippen LogP contribution is -2.29. The zero-order valence-corrected chi connectivity index (χ0v) is 27.1. The average molecular weight is 610 g/mol. The number of benzene rings is 2. The smallest absolute Gasteiger partial charge is 0.253 e. The summed E-state index contributed by atoms with van der Waals surface area (Å²) in [7, 11) is 4.11. The molecule has 236 valence electrons. The highest BCUT2D eigenvalue weighted by atomic mass is 19.1. The molecule has 8 nitrogen and oxygen atoms in total. The maximum absolute atomic E-state index is 13.5. The molecule has 2 aromatic carbocycles. The van der Waals surface area contributed by atoms with Crippen molar-refractivity contribution in [2.24, 2.45) is 0 Å². The Balaban J connectivity index is 1.74. The van der Waals surface area contributed by atoms with Gasteiger partial charge in [0.2, 0.25) is 0 Å². The first-order chi connectivity index (χ1) is 21.6. The van der Waals surface area contributed by atoms with E-state index in [9.17, 15) is 14.4 Å². The highest BCUT2D eigenvalue weighted by Gasteiger charge is 2.16. The van der Waals surface area contributed by atoms with Crippen LogP contribution >= 0.6 is 0 Å². The Kier molecular flexibility index (Phi) is 13.5. The SMILES string of the molecule is CC/C(C)=C/C(C#N)=C\C(C(=O)NC(C)c1ccc(F)cc1)=C(/C)NCc1ccc(-c2cnc(NCCCN(C)C)cn2)cc1. The predicted octanol–water partition coefficient (Wildman–Crippen LogP) is 6.69. The number of carbonyl (C=O) groups is 1. The summed E-state index contributed by atoms with van der Waals surface area (Å²) >= 11 is 0. The Bertz CT molecular complexity index is 1530. The number of allylic oxidation sites excluding steroid dienone is 4. The van der Waals surface area contributed by atoms with Gasteiger partial charge in [-0.25, -0.2) is 9.37 Å². The standard InChI is InChI=1S/C36H44FN7O/c1-7-25(2)19-29(21-38)20-33(36(45)43-26(3)30-13-15-32(37)16-14-30)27(4)40-22-28-9-11-31(12-10-28)34-23-42-35(24-41-34)39-17-8-18-44(5)6/h9-16,19-20,23-24,26,40H,7-8,17-18,22H2,1-6H3,(H,39,42)(H,43,45)/b25-19+,29-20+,33-27-. The van der Waals surface area contributed by atoms with Gasteiger partial charge < -0.3 is 20.9 Å². The molecule has 3 rings (SSSR count). The maximum Gasteiger partial charge on any atom is 0.253 e. The maximum atomic E-state index is 13.5. The second-order valence-corrected chi connectivity index (χ2v) is 11.3. The van der Waals surface area contributed by atoms with Crippen LogP contribution in [-0.2, 0) is 11.3 Å². The number of anilines is 1. The van der Waals surface area contributed by atoms with Gasteiger partial charge in [-0.05, 0) is 89.7 Å². The fourth-order valence-corrected chi connectivity index (χ4v) is 4.39. The molecule has 0 fully saturated rings. The molecule has 3 aromatic rings. The minimum Gasteiger partial charge on any atom is -0.384 e. The van der Waals surface area contributed by atoms with Crippen LogP contribution in [0.4, 0.5) is 10.2 Å². The number of hydrogen-bond donors (Lipinski definition) is 3. The Morgan fingerprint density at radius 2 is 1.76 bits per heavy atom. The Labute approximate surface area is 266 Å². The lowest BCUT2D eigenvalue weighted by molar-refractivity contribution is -0.117. The van der Waals surface area contributed by atoms with E-state index in [4.69, 9.17) is 0 Å². The molecule has 0 aliphatic heterocycles. The van der Waals surface area contributed by atoms with Gasteiger partial charge in [-0.3, -0.25) is 9.78 Å². The molecule has 1 amide bonds. The van der Waals surface area contributed by atoms with Gasteiger partial charge in [0.05, 0.1) is 41.3 Å². The molecule has 1 atom stereocenters. The molecule has 3 N–H and O–H groups in total. The fraction of sp³-hybridized carbons (Fsp3) is 0.333. The van der Waals surface area contributed by atoms with E-state index in [-0.39, 0.29) is 17.8 Å². The van der Waals surface area contributed by atoms with Crippen molar-refractivity contribution in [1.29, 1.82) is 5.26 Å². The molecule has 0 saturated heterocycles.